The number of carbonyl (C=O) groups excluding carboxylic acids is 1. The Morgan fingerprint density at radius 1 is 1.33 bits per heavy atom. The summed E-state index contributed by atoms with van der Waals surface area (Å²) in [5, 5.41) is 6.17. The summed E-state index contributed by atoms with van der Waals surface area (Å²) in [4.78, 5) is 11.6. The van der Waals surface area contributed by atoms with Crippen LogP contribution in [0.2, 0.25) is 0 Å². The van der Waals surface area contributed by atoms with Gasteiger partial charge < -0.3 is 15.4 Å². The van der Waals surface area contributed by atoms with Crippen molar-refractivity contribution in [1.29, 1.82) is 0 Å². The minimum absolute atomic E-state index is 0.0840. The predicted molar refractivity (Wildman–Crippen MR) is 73.5 cm³/mol. The summed E-state index contributed by atoms with van der Waals surface area (Å²) in [6, 6.07) is 0.237. The molecule has 106 valence electrons. The zero-order chi connectivity index (χ0) is 13.4. The Labute approximate surface area is 111 Å². The molecule has 4 nitrogen and oxygen atoms in total. The Morgan fingerprint density at radius 3 is 2.72 bits per heavy atom. The van der Waals surface area contributed by atoms with Crippen LogP contribution in [-0.4, -0.2) is 37.7 Å². The summed E-state index contributed by atoms with van der Waals surface area (Å²) < 4.78 is 5.64. The number of rotatable bonds is 7. The maximum atomic E-state index is 11.6. The van der Waals surface area contributed by atoms with E-state index < -0.39 is 0 Å². The third-order valence-electron chi connectivity index (χ3n) is 3.59. The van der Waals surface area contributed by atoms with Crippen molar-refractivity contribution < 1.29 is 9.53 Å². The minimum Gasteiger partial charge on any atom is -0.378 e. The number of ether oxygens (including phenoxy) is 1. The molecule has 0 aliphatic carbocycles. The van der Waals surface area contributed by atoms with E-state index in [1.54, 1.807) is 0 Å². The zero-order valence-corrected chi connectivity index (χ0v) is 12.0. The van der Waals surface area contributed by atoms with Gasteiger partial charge in [-0.1, -0.05) is 13.8 Å². The lowest BCUT2D eigenvalue weighted by Gasteiger charge is -2.22. The van der Waals surface area contributed by atoms with E-state index in [2.05, 4.69) is 24.5 Å². The normalized spacial score (nSPS) is 21.9. The SMILES string of the molecule is CC(C)C(C)NC(=O)CNCCC1CCCCO1. The van der Waals surface area contributed by atoms with Gasteiger partial charge in [0.05, 0.1) is 12.6 Å². The van der Waals surface area contributed by atoms with E-state index in [4.69, 9.17) is 4.74 Å². The molecule has 0 aromatic heterocycles. The molecule has 1 aliphatic rings. The van der Waals surface area contributed by atoms with Crippen molar-refractivity contribution in [2.75, 3.05) is 19.7 Å². The van der Waals surface area contributed by atoms with Crippen LogP contribution in [0.15, 0.2) is 0 Å². The van der Waals surface area contributed by atoms with Crippen molar-refractivity contribution in [1.82, 2.24) is 10.6 Å². The smallest absolute Gasteiger partial charge is 0.234 e. The first-order valence-corrected chi connectivity index (χ1v) is 7.21. The van der Waals surface area contributed by atoms with Crippen LogP contribution in [0, 0.1) is 5.92 Å². The van der Waals surface area contributed by atoms with E-state index in [-0.39, 0.29) is 11.9 Å². The molecule has 0 spiro atoms. The lowest BCUT2D eigenvalue weighted by atomic mass is 10.1. The van der Waals surface area contributed by atoms with E-state index in [9.17, 15) is 4.79 Å². The molecule has 4 heteroatoms. The fourth-order valence-corrected chi connectivity index (χ4v) is 1.97. The topological polar surface area (TPSA) is 50.4 Å². The first kappa shape index (κ1) is 15.4. The van der Waals surface area contributed by atoms with Crippen LogP contribution in [0.1, 0.15) is 46.5 Å². The summed E-state index contributed by atoms with van der Waals surface area (Å²) >= 11 is 0. The Morgan fingerprint density at radius 2 is 2.11 bits per heavy atom. The predicted octanol–water partition coefficient (Wildman–Crippen LogP) is 1.70. The molecule has 0 radical (unpaired) electrons. The highest BCUT2D eigenvalue weighted by Crippen LogP contribution is 2.14. The molecule has 0 saturated carbocycles. The molecule has 0 aromatic rings. The number of hydrogen-bond acceptors (Lipinski definition) is 3. The summed E-state index contributed by atoms with van der Waals surface area (Å²) in [6.07, 6.45) is 5.03. The molecule has 1 saturated heterocycles. The first-order valence-electron chi connectivity index (χ1n) is 7.21. The monoisotopic (exact) mass is 256 g/mol. The van der Waals surface area contributed by atoms with Crippen LogP contribution < -0.4 is 10.6 Å². The second-order valence-electron chi connectivity index (χ2n) is 5.55. The second kappa shape index (κ2) is 8.48. The van der Waals surface area contributed by atoms with Crippen molar-refractivity contribution >= 4 is 5.91 Å². The van der Waals surface area contributed by atoms with Crippen molar-refractivity contribution in [3.05, 3.63) is 0 Å². The van der Waals surface area contributed by atoms with Gasteiger partial charge in [0.2, 0.25) is 5.91 Å². The molecule has 2 unspecified atom stereocenters. The van der Waals surface area contributed by atoms with Crippen LogP contribution in [-0.2, 0) is 9.53 Å². The maximum Gasteiger partial charge on any atom is 0.234 e. The minimum atomic E-state index is 0.0840. The van der Waals surface area contributed by atoms with Gasteiger partial charge >= 0.3 is 0 Å². The molecule has 1 fully saturated rings. The molecular weight excluding hydrogens is 228 g/mol. The zero-order valence-electron chi connectivity index (χ0n) is 12.0. The van der Waals surface area contributed by atoms with Gasteiger partial charge in [-0.25, -0.2) is 0 Å². The molecule has 1 heterocycles. The Balaban J connectivity index is 2.01. The van der Waals surface area contributed by atoms with Crippen molar-refractivity contribution in [2.24, 2.45) is 5.92 Å². The number of carbonyl (C=O) groups is 1. The van der Waals surface area contributed by atoms with Gasteiger partial charge in [-0.05, 0) is 45.1 Å². The van der Waals surface area contributed by atoms with Crippen molar-refractivity contribution in [3.8, 4) is 0 Å². The molecule has 18 heavy (non-hydrogen) atoms. The third-order valence-corrected chi connectivity index (χ3v) is 3.59. The van der Waals surface area contributed by atoms with Gasteiger partial charge in [-0.3, -0.25) is 4.79 Å². The van der Waals surface area contributed by atoms with Crippen LogP contribution >= 0.6 is 0 Å². The highest BCUT2D eigenvalue weighted by molar-refractivity contribution is 5.78. The Kier molecular flexibility index (Phi) is 7.28. The molecule has 1 amide bonds. The Bertz CT molecular complexity index is 238. The van der Waals surface area contributed by atoms with Gasteiger partial charge in [0.15, 0.2) is 0 Å². The molecule has 2 N–H and O–H groups in total. The highest BCUT2D eigenvalue weighted by atomic mass is 16.5. The third kappa shape index (κ3) is 6.36. The second-order valence-corrected chi connectivity index (χ2v) is 5.55. The molecule has 0 aromatic carbocycles. The van der Waals surface area contributed by atoms with Crippen molar-refractivity contribution in [3.63, 3.8) is 0 Å². The van der Waals surface area contributed by atoms with Crippen molar-refractivity contribution in [2.45, 2.75) is 58.6 Å². The van der Waals surface area contributed by atoms with E-state index in [0.29, 0.717) is 18.6 Å². The quantitative estimate of drug-likeness (QED) is 0.682. The molecular formula is C14H28N2O2. The molecule has 0 bridgehead atoms. The van der Waals surface area contributed by atoms with E-state index in [1.807, 2.05) is 6.92 Å². The molecule has 1 aliphatic heterocycles. The maximum absolute atomic E-state index is 11.6. The average Bonchev–Trinajstić information content (AvgIpc) is 2.35. The van der Waals surface area contributed by atoms with Crippen LogP contribution in [0.5, 0.6) is 0 Å². The lowest BCUT2D eigenvalue weighted by Crippen LogP contribution is -2.41. The summed E-state index contributed by atoms with van der Waals surface area (Å²) in [5.74, 6) is 0.561. The van der Waals surface area contributed by atoms with E-state index in [0.717, 1.165) is 26.0 Å². The number of hydrogen-bond donors (Lipinski definition) is 2. The van der Waals surface area contributed by atoms with Gasteiger partial charge in [-0.2, -0.15) is 0 Å². The number of nitrogens with one attached hydrogen (secondary N) is 2. The fourth-order valence-electron chi connectivity index (χ4n) is 1.97. The van der Waals surface area contributed by atoms with Gasteiger partial charge in [0, 0.05) is 12.6 Å². The average molecular weight is 256 g/mol. The van der Waals surface area contributed by atoms with Crippen LogP contribution in [0.25, 0.3) is 0 Å². The molecule has 1 rings (SSSR count). The van der Waals surface area contributed by atoms with Gasteiger partial charge in [0.25, 0.3) is 0 Å². The summed E-state index contributed by atoms with van der Waals surface area (Å²) in [6.45, 7) is 8.42. The van der Waals surface area contributed by atoms with Crippen LogP contribution in [0.4, 0.5) is 0 Å². The van der Waals surface area contributed by atoms with Gasteiger partial charge in [0.1, 0.15) is 0 Å². The summed E-state index contributed by atoms with van der Waals surface area (Å²) in [7, 11) is 0. The Hall–Kier alpha value is -0.610. The van der Waals surface area contributed by atoms with E-state index >= 15 is 0 Å². The standard InChI is InChI=1S/C14H28N2O2/c1-11(2)12(3)16-14(17)10-15-8-7-13-6-4-5-9-18-13/h11-13,15H,4-10H2,1-3H3,(H,16,17). The molecule has 2 atom stereocenters. The summed E-state index contributed by atoms with van der Waals surface area (Å²) in [5.41, 5.74) is 0. The lowest BCUT2D eigenvalue weighted by molar-refractivity contribution is -0.121. The largest absolute Gasteiger partial charge is 0.378 e. The van der Waals surface area contributed by atoms with Crippen LogP contribution in [0.3, 0.4) is 0 Å². The fraction of sp³-hybridized carbons (Fsp3) is 0.929. The highest BCUT2D eigenvalue weighted by Gasteiger charge is 2.13. The van der Waals surface area contributed by atoms with Gasteiger partial charge in [-0.15, -0.1) is 0 Å². The number of amides is 1. The first-order chi connectivity index (χ1) is 8.59. The van der Waals surface area contributed by atoms with E-state index in [1.165, 1.54) is 12.8 Å².